The van der Waals surface area contributed by atoms with Crippen LogP contribution in [0.2, 0.25) is 0 Å². The number of hydrogen-bond acceptors (Lipinski definition) is 3. The highest BCUT2D eigenvalue weighted by Gasteiger charge is 2.14. The number of fused-ring (bicyclic) bond motifs is 1. The van der Waals surface area contributed by atoms with Gasteiger partial charge in [0.05, 0.1) is 21.5 Å². The number of aromatic amines is 1. The van der Waals surface area contributed by atoms with Crippen LogP contribution in [0.1, 0.15) is 11.4 Å². The van der Waals surface area contributed by atoms with Crippen LogP contribution in [0.15, 0.2) is 12.1 Å². The molecule has 0 unspecified atom stereocenters. The van der Waals surface area contributed by atoms with Crippen molar-refractivity contribution in [2.75, 3.05) is 0 Å². The van der Waals surface area contributed by atoms with Gasteiger partial charge in [0, 0.05) is 6.07 Å². The number of nitro groups is 1. The smallest absolute Gasteiger partial charge is 0.274 e. The SMILES string of the molecule is Cc1nc2c(C)c([N+](=O)[O-])ccc2[nH]1. The Bertz CT molecular complexity index is 516. The highest BCUT2D eigenvalue weighted by atomic mass is 16.6. The molecular weight excluding hydrogens is 182 g/mol. The van der Waals surface area contributed by atoms with Crippen molar-refractivity contribution in [1.29, 1.82) is 0 Å². The van der Waals surface area contributed by atoms with Gasteiger partial charge in [-0.15, -0.1) is 0 Å². The zero-order valence-electron chi connectivity index (χ0n) is 7.87. The van der Waals surface area contributed by atoms with Crippen molar-refractivity contribution in [3.8, 4) is 0 Å². The van der Waals surface area contributed by atoms with Gasteiger partial charge in [-0.3, -0.25) is 10.1 Å². The maximum Gasteiger partial charge on any atom is 0.274 e. The molecule has 1 aromatic heterocycles. The van der Waals surface area contributed by atoms with E-state index in [-0.39, 0.29) is 5.69 Å². The van der Waals surface area contributed by atoms with Crippen LogP contribution in [0.3, 0.4) is 0 Å². The number of H-pyrrole nitrogens is 1. The van der Waals surface area contributed by atoms with Crippen molar-refractivity contribution in [2.45, 2.75) is 13.8 Å². The molecule has 1 N–H and O–H groups in total. The average Bonchev–Trinajstić information content (AvgIpc) is 2.46. The van der Waals surface area contributed by atoms with E-state index >= 15 is 0 Å². The summed E-state index contributed by atoms with van der Waals surface area (Å²) in [6.45, 7) is 3.53. The maximum absolute atomic E-state index is 10.6. The van der Waals surface area contributed by atoms with E-state index < -0.39 is 4.92 Å². The molecule has 0 aliphatic rings. The van der Waals surface area contributed by atoms with E-state index in [0.29, 0.717) is 11.1 Å². The highest BCUT2D eigenvalue weighted by Crippen LogP contribution is 2.24. The second-order valence-corrected chi connectivity index (χ2v) is 3.19. The van der Waals surface area contributed by atoms with Crippen LogP contribution >= 0.6 is 0 Å². The van der Waals surface area contributed by atoms with E-state index in [9.17, 15) is 10.1 Å². The Morgan fingerprint density at radius 2 is 2.14 bits per heavy atom. The minimum atomic E-state index is -0.390. The quantitative estimate of drug-likeness (QED) is 0.554. The monoisotopic (exact) mass is 191 g/mol. The highest BCUT2D eigenvalue weighted by molar-refractivity contribution is 5.82. The Morgan fingerprint density at radius 1 is 1.43 bits per heavy atom. The third kappa shape index (κ3) is 1.14. The van der Waals surface area contributed by atoms with Crippen molar-refractivity contribution in [3.05, 3.63) is 33.6 Å². The predicted molar refractivity (Wildman–Crippen MR) is 52.2 cm³/mol. The Balaban J connectivity index is 2.80. The zero-order valence-corrected chi connectivity index (χ0v) is 7.87. The van der Waals surface area contributed by atoms with Crippen molar-refractivity contribution in [3.63, 3.8) is 0 Å². The van der Waals surface area contributed by atoms with Crippen molar-refractivity contribution in [2.24, 2.45) is 0 Å². The summed E-state index contributed by atoms with van der Waals surface area (Å²) in [6, 6.07) is 3.18. The van der Waals surface area contributed by atoms with Crippen molar-refractivity contribution in [1.82, 2.24) is 9.97 Å². The Kier molecular flexibility index (Phi) is 1.73. The van der Waals surface area contributed by atoms with Gasteiger partial charge < -0.3 is 4.98 Å². The summed E-state index contributed by atoms with van der Waals surface area (Å²) >= 11 is 0. The number of nitrogens with one attached hydrogen (secondary N) is 1. The molecule has 5 heteroatoms. The lowest BCUT2D eigenvalue weighted by molar-refractivity contribution is -0.385. The molecule has 0 spiro atoms. The van der Waals surface area contributed by atoms with Crippen LogP contribution in [0.25, 0.3) is 11.0 Å². The summed E-state index contributed by atoms with van der Waals surface area (Å²) in [6.07, 6.45) is 0. The zero-order chi connectivity index (χ0) is 10.3. The summed E-state index contributed by atoms with van der Waals surface area (Å²) in [5.74, 6) is 0.767. The van der Waals surface area contributed by atoms with Gasteiger partial charge in [0.15, 0.2) is 0 Å². The molecule has 2 aromatic rings. The van der Waals surface area contributed by atoms with Crippen LogP contribution in [0.4, 0.5) is 5.69 Å². The van der Waals surface area contributed by atoms with Gasteiger partial charge in [-0.2, -0.15) is 0 Å². The molecule has 0 aliphatic heterocycles. The summed E-state index contributed by atoms with van der Waals surface area (Å²) < 4.78 is 0. The van der Waals surface area contributed by atoms with E-state index in [1.165, 1.54) is 6.07 Å². The number of aryl methyl sites for hydroxylation is 2. The number of nitro benzene ring substituents is 1. The minimum Gasteiger partial charge on any atom is -0.342 e. The molecule has 72 valence electrons. The molecule has 0 saturated heterocycles. The van der Waals surface area contributed by atoms with E-state index in [4.69, 9.17) is 0 Å². The standard InChI is InChI=1S/C9H9N3O2/c1-5-8(12(13)14)4-3-7-9(5)11-6(2)10-7/h3-4H,1-2H3,(H,10,11). The van der Waals surface area contributed by atoms with Crippen LogP contribution in [0, 0.1) is 24.0 Å². The first-order chi connectivity index (χ1) is 6.59. The van der Waals surface area contributed by atoms with Gasteiger partial charge in [0.1, 0.15) is 5.82 Å². The lowest BCUT2D eigenvalue weighted by Crippen LogP contribution is -1.91. The van der Waals surface area contributed by atoms with Gasteiger partial charge in [-0.1, -0.05) is 0 Å². The number of benzene rings is 1. The Morgan fingerprint density at radius 3 is 2.79 bits per heavy atom. The Labute approximate surface area is 79.9 Å². The fourth-order valence-electron chi connectivity index (χ4n) is 1.52. The number of hydrogen-bond donors (Lipinski definition) is 1. The maximum atomic E-state index is 10.6. The van der Waals surface area contributed by atoms with Gasteiger partial charge in [-0.25, -0.2) is 4.98 Å². The topological polar surface area (TPSA) is 71.8 Å². The summed E-state index contributed by atoms with van der Waals surface area (Å²) in [5, 5.41) is 10.6. The number of aromatic nitrogens is 2. The Hall–Kier alpha value is -1.91. The molecule has 14 heavy (non-hydrogen) atoms. The molecule has 0 amide bonds. The second-order valence-electron chi connectivity index (χ2n) is 3.19. The van der Waals surface area contributed by atoms with Crippen molar-refractivity contribution >= 4 is 16.7 Å². The van der Waals surface area contributed by atoms with Crippen LogP contribution in [-0.4, -0.2) is 14.9 Å². The van der Waals surface area contributed by atoms with Gasteiger partial charge in [-0.05, 0) is 19.9 Å². The number of rotatable bonds is 1. The largest absolute Gasteiger partial charge is 0.342 e. The molecule has 2 rings (SSSR count). The van der Waals surface area contributed by atoms with Crippen LogP contribution in [0.5, 0.6) is 0 Å². The molecular formula is C9H9N3O2. The molecule has 1 heterocycles. The average molecular weight is 191 g/mol. The molecule has 5 nitrogen and oxygen atoms in total. The molecule has 0 fully saturated rings. The van der Waals surface area contributed by atoms with E-state index in [2.05, 4.69) is 9.97 Å². The third-order valence-corrected chi connectivity index (χ3v) is 2.19. The first-order valence-electron chi connectivity index (χ1n) is 4.20. The van der Waals surface area contributed by atoms with Gasteiger partial charge >= 0.3 is 0 Å². The fourth-order valence-corrected chi connectivity index (χ4v) is 1.52. The first-order valence-corrected chi connectivity index (χ1v) is 4.20. The van der Waals surface area contributed by atoms with Crippen LogP contribution in [-0.2, 0) is 0 Å². The van der Waals surface area contributed by atoms with Crippen molar-refractivity contribution < 1.29 is 4.92 Å². The summed E-state index contributed by atoms with van der Waals surface area (Å²) in [7, 11) is 0. The molecule has 0 atom stereocenters. The molecule has 0 bridgehead atoms. The number of imidazole rings is 1. The summed E-state index contributed by atoms with van der Waals surface area (Å²) in [5.41, 5.74) is 2.24. The van der Waals surface area contributed by atoms with E-state index in [0.717, 1.165) is 11.3 Å². The lowest BCUT2D eigenvalue weighted by atomic mass is 10.1. The number of nitrogens with zero attached hydrogens (tertiary/aromatic N) is 2. The second kappa shape index (κ2) is 2.80. The third-order valence-electron chi connectivity index (χ3n) is 2.19. The van der Waals surface area contributed by atoms with Gasteiger partial charge in [0.2, 0.25) is 0 Å². The molecule has 0 radical (unpaired) electrons. The lowest BCUT2D eigenvalue weighted by Gasteiger charge is -1.96. The first kappa shape index (κ1) is 8.68. The minimum absolute atomic E-state index is 0.115. The molecule has 0 saturated carbocycles. The normalized spacial score (nSPS) is 10.7. The molecule has 1 aromatic carbocycles. The van der Waals surface area contributed by atoms with Gasteiger partial charge in [0.25, 0.3) is 5.69 Å². The predicted octanol–water partition coefficient (Wildman–Crippen LogP) is 2.09. The molecule has 0 aliphatic carbocycles. The van der Waals surface area contributed by atoms with E-state index in [1.807, 2.05) is 6.92 Å². The summed E-state index contributed by atoms with van der Waals surface area (Å²) in [4.78, 5) is 17.5. The van der Waals surface area contributed by atoms with Crippen LogP contribution < -0.4 is 0 Å². The fraction of sp³-hybridized carbons (Fsp3) is 0.222. The van der Waals surface area contributed by atoms with E-state index in [1.54, 1.807) is 13.0 Å².